The van der Waals surface area contributed by atoms with Crippen LogP contribution in [0.1, 0.15) is 0 Å². The van der Waals surface area contributed by atoms with Crippen LogP contribution in [-0.2, 0) is 0 Å². The van der Waals surface area contributed by atoms with Crippen molar-refractivity contribution in [1.29, 1.82) is 0 Å². The molecule has 3 nitrogen and oxygen atoms in total. The Hall–Kier alpha value is -0.850. The molecule has 0 aliphatic rings. The Kier molecular flexibility index (Phi) is 2.85. The van der Waals surface area contributed by atoms with Crippen LogP contribution in [0.3, 0.4) is 0 Å². The van der Waals surface area contributed by atoms with Gasteiger partial charge in [-0.15, -0.1) is 11.3 Å². The van der Waals surface area contributed by atoms with Gasteiger partial charge in [-0.3, -0.25) is 10.1 Å². The van der Waals surface area contributed by atoms with Crippen molar-refractivity contribution < 1.29 is 4.92 Å². The van der Waals surface area contributed by atoms with Crippen molar-refractivity contribution in [1.82, 2.24) is 0 Å². The van der Waals surface area contributed by atoms with Crippen LogP contribution in [0, 0.1) is 10.1 Å². The monoisotopic (exact) mass is 243 g/mol. The molecule has 0 saturated carbocycles. The van der Waals surface area contributed by atoms with Crippen LogP contribution in [0.5, 0.6) is 0 Å². The molecule has 0 aromatic carbocycles. The second-order valence-electron chi connectivity index (χ2n) is 2.38. The molecule has 0 N–H and O–H groups in total. The summed E-state index contributed by atoms with van der Waals surface area (Å²) in [7, 11) is 0. The molecule has 6 heteroatoms. The number of hydrogen-bond acceptors (Lipinski definition) is 5. The Morgan fingerprint density at radius 2 is 2.14 bits per heavy atom. The molecular formula is C8H5NO2S3. The smallest absolute Gasteiger partial charge is 0.258 e. The zero-order valence-corrected chi connectivity index (χ0v) is 9.32. The van der Waals surface area contributed by atoms with Gasteiger partial charge < -0.3 is 0 Å². The molecule has 2 rings (SSSR count). The number of nitro groups is 1. The maximum Gasteiger partial charge on any atom is 0.325 e. The van der Waals surface area contributed by atoms with Gasteiger partial charge in [-0.25, -0.2) is 0 Å². The standard InChI is InChI=1S/C8H5NO2S3/c10-9(11)6-3-4-8(13-6)14-7-2-1-5-12-7/h1-5H. The molecule has 72 valence electrons. The predicted octanol–water partition coefficient (Wildman–Crippen LogP) is 3.87. The molecule has 0 saturated heterocycles. The average molecular weight is 243 g/mol. The number of thiophene rings is 2. The molecule has 0 radical (unpaired) electrons. The normalized spacial score (nSPS) is 10.3. The van der Waals surface area contributed by atoms with Crippen LogP contribution >= 0.6 is 34.4 Å². The second-order valence-corrected chi connectivity index (χ2v) is 5.99. The van der Waals surface area contributed by atoms with Gasteiger partial charge in [-0.1, -0.05) is 29.2 Å². The van der Waals surface area contributed by atoms with E-state index in [1.807, 2.05) is 17.5 Å². The fourth-order valence-corrected chi connectivity index (χ4v) is 3.85. The molecule has 0 fully saturated rings. The van der Waals surface area contributed by atoms with Crippen LogP contribution < -0.4 is 0 Å². The van der Waals surface area contributed by atoms with E-state index >= 15 is 0 Å². The van der Waals surface area contributed by atoms with Gasteiger partial charge in [-0.05, 0) is 17.5 Å². The predicted molar refractivity (Wildman–Crippen MR) is 59.4 cm³/mol. The highest BCUT2D eigenvalue weighted by atomic mass is 32.2. The van der Waals surface area contributed by atoms with Crippen LogP contribution in [0.25, 0.3) is 0 Å². The lowest BCUT2D eigenvalue weighted by molar-refractivity contribution is -0.380. The molecule has 2 aromatic heterocycles. The van der Waals surface area contributed by atoms with Crippen LogP contribution in [0.2, 0.25) is 0 Å². The Labute approximate surface area is 92.5 Å². The molecule has 14 heavy (non-hydrogen) atoms. The summed E-state index contributed by atoms with van der Waals surface area (Å²) in [5.41, 5.74) is 0. The van der Waals surface area contributed by atoms with Gasteiger partial charge in [0.25, 0.3) is 0 Å². The molecule has 0 bridgehead atoms. The first-order valence-electron chi connectivity index (χ1n) is 3.71. The maximum absolute atomic E-state index is 10.4. The Morgan fingerprint density at radius 3 is 2.71 bits per heavy atom. The van der Waals surface area contributed by atoms with E-state index < -0.39 is 0 Å². The molecule has 0 spiro atoms. The lowest BCUT2D eigenvalue weighted by atomic mass is 10.6. The van der Waals surface area contributed by atoms with Crippen molar-refractivity contribution in [2.75, 3.05) is 0 Å². The summed E-state index contributed by atoms with van der Waals surface area (Å²) in [6, 6.07) is 7.30. The van der Waals surface area contributed by atoms with E-state index in [1.165, 1.54) is 11.3 Å². The first-order valence-corrected chi connectivity index (χ1v) is 6.22. The number of rotatable bonds is 3. The van der Waals surface area contributed by atoms with E-state index in [-0.39, 0.29) is 9.92 Å². The summed E-state index contributed by atoms with van der Waals surface area (Å²) in [4.78, 5) is 10.1. The third-order valence-corrected chi connectivity index (χ3v) is 4.65. The molecular weight excluding hydrogens is 238 g/mol. The second kappa shape index (κ2) is 4.12. The van der Waals surface area contributed by atoms with Crippen molar-refractivity contribution in [2.45, 2.75) is 8.42 Å². The van der Waals surface area contributed by atoms with Crippen molar-refractivity contribution in [3.63, 3.8) is 0 Å². The minimum Gasteiger partial charge on any atom is -0.258 e. The third-order valence-electron chi connectivity index (χ3n) is 1.44. The Balaban J connectivity index is 2.14. The van der Waals surface area contributed by atoms with E-state index in [9.17, 15) is 10.1 Å². The highest BCUT2D eigenvalue weighted by Crippen LogP contribution is 2.38. The van der Waals surface area contributed by atoms with Gasteiger partial charge >= 0.3 is 5.00 Å². The van der Waals surface area contributed by atoms with Gasteiger partial charge in [-0.2, -0.15) is 0 Å². The molecule has 0 amide bonds. The van der Waals surface area contributed by atoms with Gasteiger partial charge in [0.1, 0.15) is 0 Å². The zero-order chi connectivity index (χ0) is 9.97. The molecule has 2 heterocycles. The average Bonchev–Trinajstić information content (AvgIpc) is 2.75. The first-order chi connectivity index (χ1) is 6.75. The molecule has 0 unspecified atom stereocenters. The van der Waals surface area contributed by atoms with Crippen molar-refractivity contribution in [2.24, 2.45) is 0 Å². The van der Waals surface area contributed by atoms with Crippen molar-refractivity contribution in [3.05, 3.63) is 39.8 Å². The topological polar surface area (TPSA) is 43.1 Å². The maximum atomic E-state index is 10.4. The SMILES string of the molecule is O=[N+]([O-])c1ccc(Sc2cccs2)s1. The first kappa shape index (κ1) is 9.70. The molecule has 2 aromatic rings. The molecule has 0 aliphatic carbocycles. The van der Waals surface area contributed by atoms with E-state index in [2.05, 4.69) is 0 Å². The van der Waals surface area contributed by atoms with Gasteiger partial charge in [0, 0.05) is 6.07 Å². The van der Waals surface area contributed by atoms with E-state index in [4.69, 9.17) is 0 Å². The summed E-state index contributed by atoms with van der Waals surface area (Å²) < 4.78 is 2.11. The largest absolute Gasteiger partial charge is 0.325 e. The van der Waals surface area contributed by atoms with E-state index in [1.54, 1.807) is 35.2 Å². The lowest BCUT2D eigenvalue weighted by Crippen LogP contribution is -1.80. The van der Waals surface area contributed by atoms with E-state index in [0.29, 0.717) is 0 Å². The van der Waals surface area contributed by atoms with Gasteiger partial charge in [0.15, 0.2) is 0 Å². The Bertz CT molecular complexity index is 435. The fourth-order valence-electron chi connectivity index (χ4n) is 0.884. The van der Waals surface area contributed by atoms with Crippen LogP contribution in [-0.4, -0.2) is 4.92 Å². The molecule has 0 atom stereocenters. The summed E-state index contributed by atoms with van der Waals surface area (Å²) in [6.07, 6.45) is 0. The molecule has 0 aliphatic heterocycles. The third kappa shape index (κ3) is 2.14. The fraction of sp³-hybridized carbons (Fsp3) is 0. The summed E-state index contributed by atoms with van der Waals surface area (Å²) in [5.74, 6) is 0. The highest BCUT2D eigenvalue weighted by molar-refractivity contribution is 8.02. The summed E-state index contributed by atoms with van der Waals surface area (Å²) in [6.45, 7) is 0. The Morgan fingerprint density at radius 1 is 1.29 bits per heavy atom. The lowest BCUT2D eigenvalue weighted by Gasteiger charge is -1.89. The minimum absolute atomic E-state index is 0.198. The summed E-state index contributed by atoms with van der Waals surface area (Å²) >= 11 is 4.41. The number of nitrogens with zero attached hydrogens (tertiary/aromatic N) is 1. The zero-order valence-electron chi connectivity index (χ0n) is 6.88. The van der Waals surface area contributed by atoms with Crippen molar-refractivity contribution >= 4 is 39.4 Å². The van der Waals surface area contributed by atoms with Gasteiger partial charge in [0.05, 0.1) is 13.3 Å². The van der Waals surface area contributed by atoms with Gasteiger partial charge in [0.2, 0.25) is 0 Å². The summed E-state index contributed by atoms with van der Waals surface area (Å²) in [5, 5.41) is 12.6. The van der Waals surface area contributed by atoms with Crippen molar-refractivity contribution in [3.8, 4) is 0 Å². The number of hydrogen-bond donors (Lipinski definition) is 0. The van der Waals surface area contributed by atoms with Crippen LogP contribution in [0.4, 0.5) is 5.00 Å². The van der Waals surface area contributed by atoms with Crippen LogP contribution in [0.15, 0.2) is 38.1 Å². The minimum atomic E-state index is -0.358. The highest BCUT2D eigenvalue weighted by Gasteiger charge is 2.10. The quantitative estimate of drug-likeness (QED) is 0.607. The van der Waals surface area contributed by atoms with E-state index in [0.717, 1.165) is 8.42 Å².